The maximum atomic E-state index is 11.7. The zero-order valence-electron chi connectivity index (χ0n) is 12.7. The molecule has 9 heteroatoms. The molecule has 2 rings (SSSR count). The van der Waals surface area contributed by atoms with Crippen LogP contribution < -0.4 is 10.1 Å². The largest absolute Gasteiger partial charge is 0.492 e. The van der Waals surface area contributed by atoms with Crippen LogP contribution >= 0.6 is 15.9 Å². The molecule has 0 aliphatic rings. The number of nitro benzene ring substituents is 1. The Hall–Kier alpha value is -2.13. The summed E-state index contributed by atoms with van der Waals surface area (Å²) in [5.41, 5.74) is 0.0367. The summed E-state index contributed by atoms with van der Waals surface area (Å²) in [7, 11) is -3.70. The highest BCUT2D eigenvalue weighted by Crippen LogP contribution is 2.26. The molecule has 0 atom stereocenters. The van der Waals surface area contributed by atoms with E-state index in [1.54, 1.807) is 0 Å². The Kier molecular flexibility index (Phi) is 5.79. The van der Waals surface area contributed by atoms with Gasteiger partial charge in [-0.3, -0.25) is 10.1 Å². The summed E-state index contributed by atoms with van der Waals surface area (Å²) in [5, 5.41) is 13.9. The van der Waals surface area contributed by atoms with Gasteiger partial charge in [0.15, 0.2) is 9.84 Å². The van der Waals surface area contributed by atoms with Crippen molar-refractivity contribution in [3.8, 4) is 5.75 Å². The van der Waals surface area contributed by atoms with Gasteiger partial charge in [0.2, 0.25) is 0 Å². The predicted molar refractivity (Wildman–Crippen MR) is 94.3 cm³/mol. The van der Waals surface area contributed by atoms with Crippen LogP contribution in [0.3, 0.4) is 0 Å². The maximum Gasteiger partial charge on any atom is 0.288 e. The van der Waals surface area contributed by atoms with E-state index < -0.39 is 20.4 Å². The van der Waals surface area contributed by atoms with E-state index in [0.717, 1.165) is 10.7 Å². The van der Waals surface area contributed by atoms with Gasteiger partial charge in [0, 0.05) is 29.0 Å². The Bertz CT molecular complexity index is 837. The lowest BCUT2D eigenvalue weighted by Gasteiger charge is -2.10. The molecule has 0 fully saturated rings. The first-order valence-corrected chi connectivity index (χ1v) is 9.56. The van der Waals surface area contributed by atoms with Crippen molar-refractivity contribution in [3.05, 3.63) is 57.1 Å². The Morgan fingerprint density at radius 1 is 1.21 bits per heavy atom. The lowest BCUT2D eigenvalue weighted by molar-refractivity contribution is -0.387. The zero-order chi connectivity index (χ0) is 17.7. The second-order valence-corrected chi connectivity index (χ2v) is 7.84. The van der Waals surface area contributed by atoms with Gasteiger partial charge in [0.25, 0.3) is 5.69 Å². The van der Waals surface area contributed by atoms with Gasteiger partial charge in [-0.1, -0.05) is 15.9 Å². The molecule has 1 N–H and O–H groups in total. The molecule has 2 aromatic carbocycles. The summed E-state index contributed by atoms with van der Waals surface area (Å²) in [6.07, 6.45) is 0.940. The van der Waals surface area contributed by atoms with Crippen molar-refractivity contribution in [2.24, 2.45) is 0 Å². The van der Waals surface area contributed by atoms with E-state index in [1.807, 2.05) is 24.3 Å². The molecule has 0 unspecified atom stereocenters. The van der Waals surface area contributed by atoms with E-state index in [-0.39, 0.29) is 4.90 Å². The van der Waals surface area contributed by atoms with Gasteiger partial charge in [0.1, 0.15) is 17.3 Å². The summed E-state index contributed by atoms with van der Waals surface area (Å²) in [6.45, 7) is 0.768. The Labute approximate surface area is 147 Å². The minimum Gasteiger partial charge on any atom is -0.492 e. The van der Waals surface area contributed by atoms with E-state index in [2.05, 4.69) is 21.2 Å². The average molecular weight is 415 g/mol. The average Bonchev–Trinajstić information content (AvgIpc) is 2.52. The summed E-state index contributed by atoms with van der Waals surface area (Å²) >= 11 is 3.33. The third kappa shape index (κ3) is 4.93. The normalized spacial score (nSPS) is 11.1. The molecule has 0 aliphatic carbocycles. The first-order valence-electron chi connectivity index (χ1n) is 6.88. The molecule has 0 aliphatic heterocycles. The van der Waals surface area contributed by atoms with Gasteiger partial charge in [0.05, 0.1) is 4.92 Å². The van der Waals surface area contributed by atoms with Crippen molar-refractivity contribution in [1.29, 1.82) is 0 Å². The molecule has 24 heavy (non-hydrogen) atoms. The van der Waals surface area contributed by atoms with Gasteiger partial charge in [-0.05, 0) is 36.4 Å². The molecule has 0 bridgehead atoms. The minimum atomic E-state index is -3.70. The van der Waals surface area contributed by atoms with Crippen LogP contribution in [-0.4, -0.2) is 32.7 Å². The molecule has 0 spiro atoms. The molecule has 0 amide bonds. The standard InChI is InChI=1S/C15H15BrN2O5S/c1-24(21,22)15-10-12(4-7-14(15)18(19)20)17-8-9-23-13-5-2-11(16)3-6-13/h2-7,10,17H,8-9H2,1H3. The summed E-state index contributed by atoms with van der Waals surface area (Å²) in [5.74, 6) is 0.709. The number of benzene rings is 2. The number of halogens is 1. The van der Waals surface area contributed by atoms with Crippen molar-refractivity contribution in [3.63, 3.8) is 0 Å². The van der Waals surface area contributed by atoms with Crippen LogP contribution in [0, 0.1) is 10.1 Å². The van der Waals surface area contributed by atoms with E-state index >= 15 is 0 Å². The number of rotatable bonds is 7. The smallest absolute Gasteiger partial charge is 0.288 e. The lowest BCUT2D eigenvalue weighted by Crippen LogP contribution is -2.12. The summed E-state index contributed by atoms with van der Waals surface area (Å²) in [4.78, 5) is 9.89. The lowest BCUT2D eigenvalue weighted by atomic mass is 10.3. The van der Waals surface area contributed by atoms with Crippen molar-refractivity contribution in [1.82, 2.24) is 0 Å². The van der Waals surface area contributed by atoms with Crippen molar-refractivity contribution < 1.29 is 18.1 Å². The third-order valence-corrected chi connectivity index (χ3v) is 4.72. The molecule has 128 valence electrons. The van der Waals surface area contributed by atoms with Gasteiger partial charge in [-0.2, -0.15) is 0 Å². The summed E-state index contributed by atoms with van der Waals surface area (Å²) < 4.78 is 29.9. The Morgan fingerprint density at radius 3 is 2.46 bits per heavy atom. The minimum absolute atomic E-state index is 0.314. The molecule has 2 aromatic rings. The highest BCUT2D eigenvalue weighted by molar-refractivity contribution is 9.10. The molecule has 0 aromatic heterocycles. The van der Waals surface area contributed by atoms with Crippen LogP contribution in [0.5, 0.6) is 5.75 Å². The van der Waals surface area contributed by atoms with Crippen LogP contribution in [0.25, 0.3) is 0 Å². The van der Waals surface area contributed by atoms with Crippen LogP contribution in [0.2, 0.25) is 0 Å². The number of hydrogen-bond acceptors (Lipinski definition) is 6. The zero-order valence-corrected chi connectivity index (χ0v) is 15.1. The van der Waals surface area contributed by atoms with Crippen LogP contribution in [-0.2, 0) is 9.84 Å². The van der Waals surface area contributed by atoms with Gasteiger partial charge in [-0.25, -0.2) is 8.42 Å². The Balaban J connectivity index is 2.00. The highest BCUT2D eigenvalue weighted by Gasteiger charge is 2.22. The molecular weight excluding hydrogens is 400 g/mol. The molecule has 0 radical (unpaired) electrons. The van der Waals surface area contributed by atoms with Gasteiger partial charge < -0.3 is 10.1 Å². The van der Waals surface area contributed by atoms with Crippen LogP contribution in [0.4, 0.5) is 11.4 Å². The number of nitrogens with zero attached hydrogens (tertiary/aromatic N) is 1. The SMILES string of the molecule is CS(=O)(=O)c1cc(NCCOc2ccc(Br)cc2)ccc1[N+](=O)[O-]. The molecular formula is C15H15BrN2O5S. The number of nitrogens with one attached hydrogen (secondary N) is 1. The second-order valence-electron chi connectivity index (χ2n) is 4.94. The van der Waals surface area contributed by atoms with Crippen LogP contribution in [0.15, 0.2) is 51.8 Å². The molecule has 7 nitrogen and oxygen atoms in total. The quantitative estimate of drug-likeness (QED) is 0.424. The fraction of sp³-hybridized carbons (Fsp3) is 0.200. The fourth-order valence-electron chi connectivity index (χ4n) is 1.97. The molecule has 0 heterocycles. The number of sulfone groups is 1. The number of nitro groups is 1. The van der Waals surface area contributed by atoms with E-state index in [1.165, 1.54) is 18.2 Å². The second kappa shape index (κ2) is 7.63. The number of ether oxygens (including phenoxy) is 1. The van der Waals surface area contributed by atoms with Gasteiger partial charge in [-0.15, -0.1) is 0 Å². The highest BCUT2D eigenvalue weighted by atomic mass is 79.9. The number of hydrogen-bond donors (Lipinski definition) is 1. The van der Waals surface area contributed by atoms with Crippen LogP contribution in [0.1, 0.15) is 0 Å². The van der Waals surface area contributed by atoms with Crippen molar-refractivity contribution in [2.45, 2.75) is 4.90 Å². The Morgan fingerprint density at radius 2 is 1.88 bits per heavy atom. The van der Waals surface area contributed by atoms with Crippen molar-refractivity contribution in [2.75, 3.05) is 24.7 Å². The fourth-order valence-corrected chi connectivity index (χ4v) is 3.09. The first kappa shape index (κ1) is 18.2. The monoisotopic (exact) mass is 414 g/mol. The van der Waals surface area contributed by atoms with E-state index in [9.17, 15) is 18.5 Å². The van der Waals surface area contributed by atoms with E-state index in [0.29, 0.717) is 24.6 Å². The first-order chi connectivity index (χ1) is 11.3. The maximum absolute atomic E-state index is 11.7. The van der Waals surface area contributed by atoms with E-state index in [4.69, 9.17) is 4.74 Å². The summed E-state index contributed by atoms with van der Waals surface area (Å²) in [6, 6.07) is 11.2. The molecule has 0 saturated heterocycles. The van der Waals surface area contributed by atoms with Crippen molar-refractivity contribution >= 4 is 37.1 Å². The third-order valence-electron chi connectivity index (χ3n) is 3.07. The van der Waals surface area contributed by atoms with Gasteiger partial charge >= 0.3 is 0 Å². The molecule has 0 saturated carbocycles. The topological polar surface area (TPSA) is 98.5 Å². The predicted octanol–water partition coefficient (Wildman–Crippen LogP) is 3.25. The number of anilines is 1.